The summed E-state index contributed by atoms with van der Waals surface area (Å²) >= 11 is 0. The normalized spacial score (nSPS) is 17.0. The number of carbonyl (C=O) groups is 1. The Kier molecular flexibility index (Phi) is 4.55. The van der Waals surface area contributed by atoms with Gasteiger partial charge >= 0.3 is 0 Å². The molecule has 0 radical (unpaired) electrons. The molecule has 100 valence electrons. The molecule has 0 aromatic rings. The Morgan fingerprint density at radius 3 is 2.41 bits per heavy atom. The molecule has 4 nitrogen and oxygen atoms in total. The highest BCUT2D eigenvalue weighted by molar-refractivity contribution is 5.83. The quantitative estimate of drug-likeness (QED) is 0.661. The van der Waals surface area contributed by atoms with Crippen molar-refractivity contribution in [3.63, 3.8) is 0 Å². The first kappa shape index (κ1) is 14.5. The summed E-state index contributed by atoms with van der Waals surface area (Å²) in [4.78, 5) is 12.0. The van der Waals surface area contributed by atoms with Crippen LogP contribution in [0.15, 0.2) is 0 Å². The molecule has 17 heavy (non-hydrogen) atoms. The fourth-order valence-electron chi connectivity index (χ4n) is 1.28. The first-order chi connectivity index (χ1) is 7.75. The Bertz CT molecular complexity index is 265. The smallest absolute Gasteiger partial charge is 0.227 e. The summed E-state index contributed by atoms with van der Waals surface area (Å²) in [7, 11) is 0. The number of amides is 1. The lowest BCUT2D eigenvalue weighted by molar-refractivity contribution is -0.132. The molecule has 0 aromatic carbocycles. The van der Waals surface area contributed by atoms with Crippen LogP contribution in [-0.4, -0.2) is 31.2 Å². The number of ether oxygens (including phenoxy) is 1. The standard InChI is InChI=1S/C13H26N2O2/c1-12(2,13(3,4)14)11(16)15-7-8-17-9-10-5-6-10/h10H,5-9,14H2,1-4H3,(H,15,16). The van der Waals surface area contributed by atoms with Crippen LogP contribution in [0.2, 0.25) is 0 Å². The molecule has 1 fully saturated rings. The van der Waals surface area contributed by atoms with Crippen LogP contribution in [0.4, 0.5) is 0 Å². The molecule has 0 heterocycles. The van der Waals surface area contributed by atoms with Crippen molar-refractivity contribution >= 4 is 5.91 Å². The number of hydrogen-bond donors (Lipinski definition) is 2. The Morgan fingerprint density at radius 2 is 1.94 bits per heavy atom. The third-order valence-corrected chi connectivity index (χ3v) is 3.76. The molecule has 3 N–H and O–H groups in total. The van der Waals surface area contributed by atoms with E-state index in [0.717, 1.165) is 12.5 Å². The lowest BCUT2D eigenvalue weighted by Gasteiger charge is -2.36. The number of rotatable bonds is 7. The van der Waals surface area contributed by atoms with E-state index >= 15 is 0 Å². The van der Waals surface area contributed by atoms with E-state index in [0.29, 0.717) is 13.2 Å². The van der Waals surface area contributed by atoms with E-state index in [1.165, 1.54) is 12.8 Å². The van der Waals surface area contributed by atoms with Crippen molar-refractivity contribution in [1.82, 2.24) is 5.32 Å². The van der Waals surface area contributed by atoms with Gasteiger partial charge in [-0.05, 0) is 46.5 Å². The van der Waals surface area contributed by atoms with Gasteiger partial charge in [0.1, 0.15) is 0 Å². The summed E-state index contributed by atoms with van der Waals surface area (Å²) in [6.45, 7) is 9.46. The molecule has 1 rings (SSSR count). The van der Waals surface area contributed by atoms with Gasteiger partial charge in [0.05, 0.1) is 12.0 Å². The van der Waals surface area contributed by atoms with E-state index in [4.69, 9.17) is 10.5 Å². The summed E-state index contributed by atoms with van der Waals surface area (Å²) < 4.78 is 5.46. The van der Waals surface area contributed by atoms with E-state index in [2.05, 4.69) is 5.32 Å². The van der Waals surface area contributed by atoms with Crippen molar-refractivity contribution in [3.05, 3.63) is 0 Å². The minimum atomic E-state index is -0.580. The minimum Gasteiger partial charge on any atom is -0.379 e. The van der Waals surface area contributed by atoms with Crippen molar-refractivity contribution in [3.8, 4) is 0 Å². The predicted octanol–water partition coefficient (Wildman–Crippen LogP) is 1.29. The average Bonchev–Trinajstić information content (AvgIpc) is 2.98. The van der Waals surface area contributed by atoms with Crippen molar-refractivity contribution < 1.29 is 9.53 Å². The van der Waals surface area contributed by atoms with Crippen LogP contribution in [0.1, 0.15) is 40.5 Å². The first-order valence-electron chi connectivity index (χ1n) is 6.40. The minimum absolute atomic E-state index is 0.0139. The highest BCUT2D eigenvalue weighted by Crippen LogP contribution is 2.29. The van der Waals surface area contributed by atoms with Crippen LogP contribution < -0.4 is 11.1 Å². The molecular weight excluding hydrogens is 216 g/mol. The van der Waals surface area contributed by atoms with E-state index in [9.17, 15) is 4.79 Å². The van der Waals surface area contributed by atoms with Crippen molar-refractivity contribution in [2.24, 2.45) is 17.1 Å². The molecule has 0 spiro atoms. The summed E-state index contributed by atoms with van der Waals surface area (Å²) in [5.74, 6) is 0.755. The lowest BCUT2D eigenvalue weighted by Crippen LogP contribution is -2.55. The summed E-state index contributed by atoms with van der Waals surface area (Å²) in [5, 5.41) is 2.88. The molecule has 1 amide bonds. The van der Waals surface area contributed by atoms with E-state index in [-0.39, 0.29) is 5.91 Å². The zero-order chi connectivity index (χ0) is 13.1. The topological polar surface area (TPSA) is 64.4 Å². The zero-order valence-electron chi connectivity index (χ0n) is 11.5. The van der Waals surface area contributed by atoms with E-state index < -0.39 is 11.0 Å². The van der Waals surface area contributed by atoms with Crippen molar-refractivity contribution in [2.75, 3.05) is 19.8 Å². The predicted molar refractivity (Wildman–Crippen MR) is 68.6 cm³/mol. The maximum atomic E-state index is 12.0. The van der Waals surface area contributed by atoms with Gasteiger partial charge in [0, 0.05) is 18.7 Å². The van der Waals surface area contributed by atoms with Gasteiger partial charge in [-0.3, -0.25) is 4.79 Å². The van der Waals surface area contributed by atoms with E-state index in [1.807, 2.05) is 27.7 Å². The van der Waals surface area contributed by atoms with Gasteiger partial charge in [-0.2, -0.15) is 0 Å². The maximum Gasteiger partial charge on any atom is 0.227 e. The molecule has 1 saturated carbocycles. The van der Waals surface area contributed by atoms with Gasteiger partial charge in [-0.1, -0.05) is 0 Å². The van der Waals surface area contributed by atoms with Crippen LogP contribution >= 0.6 is 0 Å². The molecule has 0 atom stereocenters. The third kappa shape index (κ3) is 4.28. The third-order valence-electron chi connectivity index (χ3n) is 3.76. The molecule has 4 heteroatoms. The van der Waals surface area contributed by atoms with Gasteiger partial charge in [0.25, 0.3) is 0 Å². The second kappa shape index (κ2) is 5.36. The van der Waals surface area contributed by atoms with Gasteiger partial charge < -0.3 is 15.8 Å². The Labute approximate surface area is 104 Å². The Morgan fingerprint density at radius 1 is 1.35 bits per heavy atom. The number of carbonyl (C=O) groups excluding carboxylic acids is 1. The first-order valence-corrected chi connectivity index (χ1v) is 6.40. The van der Waals surface area contributed by atoms with Crippen molar-refractivity contribution in [2.45, 2.75) is 46.1 Å². The summed E-state index contributed by atoms with van der Waals surface area (Å²) in [5.41, 5.74) is 4.88. The number of nitrogens with one attached hydrogen (secondary N) is 1. The van der Waals surface area contributed by atoms with Gasteiger partial charge in [-0.15, -0.1) is 0 Å². The largest absolute Gasteiger partial charge is 0.379 e. The van der Waals surface area contributed by atoms with Crippen LogP contribution in [0.5, 0.6) is 0 Å². The van der Waals surface area contributed by atoms with E-state index in [1.54, 1.807) is 0 Å². The maximum absolute atomic E-state index is 12.0. The van der Waals surface area contributed by atoms with Crippen LogP contribution in [0.3, 0.4) is 0 Å². The van der Waals surface area contributed by atoms with Crippen LogP contribution in [0, 0.1) is 11.3 Å². The Balaban J connectivity index is 2.18. The molecule has 1 aliphatic carbocycles. The molecule has 1 aliphatic rings. The monoisotopic (exact) mass is 242 g/mol. The number of hydrogen-bond acceptors (Lipinski definition) is 3. The molecule has 0 bridgehead atoms. The average molecular weight is 242 g/mol. The van der Waals surface area contributed by atoms with Crippen molar-refractivity contribution in [1.29, 1.82) is 0 Å². The lowest BCUT2D eigenvalue weighted by atomic mass is 9.74. The molecule has 0 aliphatic heterocycles. The summed E-state index contributed by atoms with van der Waals surface area (Å²) in [6, 6.07) is 0. The van der Waals surface area contributed by atoms with Crippen LogP contribution in [-0.2, 0) is 9.53 Å². The molecule has 0 unspecified atom stereocenters. The fourth-order valence-corrected chi connectivity index (χ4v) is 1.28. The number of nitrogens with two attached hydrogens (primary N) is 1. The van der Waals surface area contributed by atoms with Crippen LogP contribution in [0.25, 0.3) is 0 Å². The van der Waals surface area contributed by atoms with Gasteiger partial charge in [0.2, 0.25) is 5.91 Å². The molecule has 0 aromatic heterocycles. The fraction of sp³-hybridized carbons (Fsp3) is 0.923. The van der Waals surface area contributed by atoms with Gasteiger partial charge in [0.15, 0.2) is 0 Å². The SMILES string of the molecule is CC(C)(N)C(C)(C)C(=O)NCCOCC1CC1. The van der Waals surface area contributed by atoms with Gasteiger partial charge in [-0.25, -0.2) is 0 Å². The molecular formula is C13H26N2O2. The zero-order valence-corrected chi connectivity index (χ0v) is 11.5. The molecule has 0 saturated heterocycles. The second-order valence-corrected chi connectivity index (χ2v) is 6.12. The Hall–Kier alpha value is -0.610. The summed E-state index contributed by atoms with van der Waals surface area (Å²) in [6.07, 6.45) is 2.58. The second-order valence-electron chi connectivity index (χ2n) is 6.12. The highest BCUT2D eigenvalue weighted by Gasteiger charge is 2.40. The highest BCUT2D eigenvalue weighted by atomic mass is 16.5.